The average Bonchev–Trinajstić information content (AvgIpc) is 3.03. The second-order valence-corrected chi connectivity index (χ2v) is 4.91. The number of primary amides is 1. The summed E-state index contributed by atoms with van der Waals surface area (Å²) < 4.78 is 4.94. The molecule has 2 heterocycles. The van der Waals surface area contributed by atoms with Gasteiger partial charge in [0.15, 0.2) is 5.92 Å². The van der Waals surface area contributed by atoms with Crippen LogP contribution in [0.25, 0.3) is 11.4 Å². The second kappa shape index (κ2) is 5.06. The highest BCUT2D eigenvalue weighted by molar-refractivity contribution is 6.26. The number of nitrogens with zero attached hydrogens (tertiary/aromatic N) is 4. The highest BCUT2D eigenvalue weighted by Crippen LogP contribution is 2.27. The first-order chi connectivity index (χ1) is 10.5. The molecule has 1 aromatic carbocycles. The van der Waals surface area contributed by atoms with E-state index in [0.29, 0.717) is 28.7 Å². The van der Waals surface area contributed by atoms with E-state index in [0.717, 1.165) is 0 Å². The lowest BCUT2D eigenvalue weighted by Gasteiger charge is -2.13. The molecular weight excluding hydrogens is 286 g/mol. The number of rotatable bonds is 3. The second-order valence-electron chi connectivity index (χ2n) is 4.91. The first kappa shape index (κ1) is 13.9. The van der Waals surface area contributed by atoms with Crippen molar-refractivity contribution in [1.29, 1.82) is 0 Å². The lowest BCUT2D eigenvalue weighted by molar-refractivity contribution is -0.128. The molecule has 8 nitrogen and oxygen atoms in total. The van der Waals surface area contributed by atoms with Crippen LogP contribution in [0.4, 0.5) is 5.69 Å². The lowest BCUT2D eigenvalue weighted by Crippen LogP contribution is -2.36. The van der Waals surface area contributed by atoms with Gasteiger partial charge in [-0.3, -0.25) is 9.59 Å². The van der Waals surface area contributed by atoms with Crippen molar-refractivity contribution in [2.24, 2.45) is 16.8 Å². The fourth-order valence-electron chi connectivity index (χ4n) is 2.27. The van der Waals surface area contributed by atoms with Gasteiger partial charge >= 0.3 is 0 Å². The van der Waals surface area contributed by atoms with Gasteiger partial charge in [0.1, 0.15) is 0 Å². The molecule has 0 bridgehead atoms. The molecule has 1 aliphatic rings. The van der Waals surface area contributed by atoms with Crippen LogP contribution in [-0.2, 0) is 9.59 Å². The van der Waals surface area contributed by atoms with E-state index in [9.17, 15) is 9.59 Å². The molecule has 1 aromatic heterocycles. The van der Waals surface area contributed by atoms with Crippen LogP contribution in [0, 0.1) is 12.8 Å². The fourth-order valence-corrected chi connectivity index (χ4v) is 2.27. The van der Waals surface area contributed by atoms with Gasteiger partial charge < -0.3 is 10.3 Å². The van der Waals surface area contributed by atoms with E-state index in [1.54, 1.807) is 38.1 Å². The van der Waals surface area contributed by atoms with E-state index in [1.165, 1.54) is 5.01 Å². The summed E-state index contributed by atoms with van der Waals surface area (Å²) >= 11 is 0. The van der Waals surface area contributed by atoms with Crippen LogP contribution in [0.15, 0.2) is 33.9 Å². The van der Waals surface area contributed by atoms with Gasteiger partial charge in [0.05, 0.1) is 11.4 Å². The van der Waals surface area contributed by atoms with Gasteiger partial charge in [-0.15, -0.1) is 0 Å². The maximum Gasteiger partial charge on any atom is 0.265 e. The zero-order valence-electron chi connectivity index (χ0n) is 12.0. The summed E-state index contributed by atoms with van der Waals surface area (Å²) in [6, 6.07) is 6.93. The number of aromatic nitrogens is 2. The molecule has 114 valence electrons. The van der Waals surface area contributed by atoms with Gasteiger partial charge in [0, 0.05) is 13.9 Å². The molecule has 1 unspecified atom stereocenters. The maximum absolute atomic E-state index is 12.3. The predicted molar refractivity (Wildman–Crippen MR) is 79.9 cm³/mol. The van der Waals surface area contributed by atoms with E-state index >= 15 is 0 Å². The number of amides is 2. The zero-order valence-corrected chi connectivity index (χ0v) is 12.0. The number of hydrazone groups is 1. The van der Waals surface area contributed by atoms with Crippen molar-refractivity contribution >= 4 is 23.2 Å². The normalized spacial score (nSPS) is 17.7. The Morgan fingerprint density at radius 2 is 2.18 bits per heavy atom. The topological polar surface area (TPSA) is 115 Å². The number of nitrogens with two attached hydrogens (primary N) is 1. The Hall–Kier alpha value is -3.03. The number of carbonyl (C=O) groups excluding carboxylic acids is 2. The van der Waals surface area contributed by atoms with Crippen LogP contribution in [0.2, 0.25) is 0 Å². The Bertz CT molecular complexity index is 801. The molecule has 0 fully saturated rings. The van der Waals surface area contributed by atoms with Crippen molar-refractivity contribution in [3.63, 3.8) is 0 Å². The van der Waals surface area contributed by atoms with Crippen molar-refractivity contribution in [3.8, 4) is 11.4 Å². The number of hydrogen-bond acceptors (Lipinski definition) is 6. The minimum absolute atomic E-state index is 0. The van der Waals surface area contributed by atoms with Crippen LogP contribution in [-0.4, -0.2) is 27.7 Å². The molecule has 0 spiro atoms. The van der Waals surface area contributed by atoms with Gasteiger partial charge in [-0.05, 0) is 19.1 Å². The third-order valence-corrected chi connectivity index (χ3v) is 3.29. The number of aryl methyl sites for hydroxylation is 1. The summed E-state index contributed by atoms with van der Waals surface area (Å²) in [4.78, 5) is 27.8. The molecule has 0 saturated heterocycles. The van der Waals surface area contributed by atoms with Gasteiger partial charge in [-0.1, -0.05) is 17.3 Å². The zero-order chi connectivity index (χ0) is 15.9. The van der Waals surface area contributed by atoms with Crippen LogP contribution >= 0.6 is 0 Å². The van der Waals surface area contributed by atoms with Crippen molar-refractivity contribution in [2.45, 2.75) is 13.8 Å². The molecule has 22 heavy (non-hydrogen) atoms. The van der Waals surface area contributed by atoms with Crippen molar-refractivity contribution < 1.29 is 15.5 Å². The molecule has 0 radical (unpaired) electrons. The highest BCUT2D eigenvalue weighted by atomic mass is 16.5. The summed E-state index contributed by atoms with van der Waals surface area (Å²) in [5.41, 5.74) is 6.80. The smallest absolute Gasteiger partial charge is 0.265 e. The Morgan fingerprint density at radius 3 is 2.77 bits per heavy atom. The van der Waals surface area contributed by atoms with E-state index in [4.69, 9.17) is 10.3 Å². The van der Waals surface area contributed by atoms with Crippen LogP contribution in [0.1, 0.15) is 14.2 Å². The summed E-state index contributed by atoms with van der Waals surface area (Å²) in [6.07, 6.45) is 0. The summed E-state index contributed by atoms with van der Waals surface area (Å²) in [7, 11) is 0. The molecule has 1 atom stereocenters. The van der Waals surface area contributed by atoms with E-state index in [-0.39, 0.29) is 1.43 Å². The SMILES string of the molecule is CC1=NN(c2cccc(-c3noc(C)n3)c2)C(=O)C1C(N)=O.[HH]. The number of carbonyl (C=O) groups is 2. The molecule has 8 heteroatoms. The predicted octanol–water partition coefficient (Wildman–Crippen LogP) is 1.12. The maximum atomic E-state index is 12.3. The van der Waals surface area contributed by atoms with E-state index in [2.05, 4.69) is 15.2 Å². The lowest BCUT2D eigenvalue weighted by atomic mass is 10.0. The number of anilines is 1. The molecule has 1 aliphatic heterocycles. The summed E-state index contributed by atoms with van der Waals surface area (Å²) in [5.74, 6) is -1.33. The van der Waals surface area contributed by atoms with Crippen molar-refractivity contribution in [3.05, 3.63) is 30.2 Å². The summed E-state index contributed by atoms with van der Waals surface area (Å²) in [6.45, 7) is 3.29. The number of hydrogen-bond donors (Lipinski definition) is 1. The Labute approximate surface area is 127 Å². The van der Waals surface area contributed by atoms with Crippen molar-refractivity contribution in [1.82, 2.24) is 10.1 Å². The van der Waals surface area contributed by atoms with E-state index < -0.39 is 17.7 Å². The largest absolute Gasteiger partial charge is 0.369 e. The monoisotopic (exact) mass is 301 g/mol. The average molecular weight is 301 g/mol. The van der Waals surface area contributed by atoms with Crippen LogP contribution in [0.3, 0.4) is 0 Å². The number of benzene rings is 1. The van der Waals surface area contributed by atoms with Gasteiger partial charge in [-0.2, -0.15) is 15.1 Å². The molecule has 2 aromatic rings. The minimum Gasteiger partial charge on any atom is -0.369 e. The van der Waals surface area contributed by atoms with E-state index in [1.807, 2.05) is 0 Å². The molecule has 0 aliphatic carbocycles. The van der Waals surface area contributed by atoms with Crippen molar-refractivity contribution in [2.75, 3.05) is 5.01 Å². The molecule has 2 amide bonds. The first-order valence-corrected chi connectivity index (χ1v) is 6.56. The first-order valence-electron chi connectivity index (χ1n) is 6.56. The molecular formula is C14H15N5O3. The minimum atomic E-state index is -1.02. The Morgan fingerprint density at radius 1 is 1.41 bits per heavy atom. The Kier molecular flexibility index (Phi) is 3.21. The standard InChI is InChI=1S/C14H13N5O3.H2/c1-7-11(12(15)20)14(21)19(17-7)10-5-3-4-9(6-10)13-16-8(2)22-18-13;/h3-6,11H,1-2H3,(H2,15,20);1H. The van der Waals surface area contributed by atoms with Gasteiger partial charge in [0.25, 0.3) is 5.91 Å². The molecule has 3 rings (SSSR count). The van der Waals surface area contributed by atoms with Gasteiger partial charge in [-0.25, -0.2) is 0 Å². The third kappa shape index (κ3) is 2.24. The van der Waals surface area contributed by atoms with Crippen LogP contribution < -0.4 is 10.7 Å². The quantitative estimate of drug-likeness (QED) is 0.853. The molecule has 0 saturated carbocycles. The fraction of sp³-hybridized carbons (Fsp3) is 0.214. The van der Waals surface area contributed by atoms with Gasteiger partial charge in [0.2, 0.25) is 17.6 Å². The Balaban J connectivity index is 0.00000192. The highest BCUT2D eigenvalue weighted by Gasteiger charge is 2.38. The third-order valence-electron chi connectivity index (χ3n) is 3.29. The summed E-state index contributed by atoms with van der Waals surface area (Å²) in [5, 5.41) is 9.12. The van der Waals surface area contributed by atoms with Crippen LogP contribution in [0.5, 0.6) is 0 Å². The molecule has 2 N–H and O–H groups in total.